The number of fused-ring (bicyclic) bond motifs is 1. The van der Waals surface area contributed by atoms with E-state index in [2.05, 4.69) is 23.1 Å². The number of nitrogens with zero attached hydrogens (tertiary/aromatic N) is 1. The van der Waals surface area contributed by atoms with Crippen molar-refractivity contribution in [1.82, 2.24) is 4.90 Å². The molecule has 1 aromatic rings. The largest absolute Gasteiger partial charge is 0.299 e. The van der Waals surface area contributed by atoms with Crippen molar-refractivity contribution < 1.29 is 0 Å². The highest BCUT2D eigenvalue weighted by molar-refractivity contribution is 6.18. The Balaban J connectivity index is 1.65. The zero-order valence-corrected chi connectivity index (χ0v) is 11.8. The van der Waals surface area contributed by atoms with Gasteiger partial charge < -0.3 is 0 Å². The Labute approximate surface area is 115 Å². The van der Waals surface area contributed by atoms with Gasteiger partial charge in [-0.15, -0.1) is 11.6 Å². The first-order valence-corrected chi connectivity index (χ1v) is 7.77. The molecule has 0 amide bonds. The summed E-state index contributed by atoms with van der Waals surface area (Å²) in [7, 11) is 0. The molecule has 1 saturated heterocycles. The molecular formula is C16H22ClN. The summed E-state index contributed by atoms with van der Waals surface area (Å²) in [4.78, 5) is 2.58. The van der Waals surface area contributed by atoms with Gasteiger partial charge in [-0.1, -0.05) is 18.2 Å². The van der Waals surface area contributed by atoms with Crippen LogP contribution < -0.4 is 0 Å². The number of aryl methyl sites for hydroxylation is 2. The van der Waals surface area contributed by atoms with Gasteiger partial charge in [0.25, 0.3) is 0 Å². The van der Waals surface area contributed by atoms with Crippen LogP contribution in [0.3, 0.4) is 0 Å². The number of hydrogen-bond acceptors (Lipinski definition) is 1. The Morgan fingerprint density at radius 2 is 2.06 bits per heavy atom. The fourth-order valence-corrected chi connectivity index (χ4v) is 3.65. The summed E-state index contributed by atoms with van der Waals surface area (Å²) < 4.78 is 0. The van der Waals surface area contributed by atoms with Crippen LogP contribution >= 0.6 is 11.6 Å². The molecule has 1 unspecified atom stereocenters. The number of hydrogen-bond donors (Lipinski definition) is 0. The third kappa shape index (κ3) is 2.73. The Morgan fingerprint density at radius 1 is 1.17 bits per heavy atom. The monoisotopic (exact) mass is 263 g/mol. The van der Waals surface area contributed by atoms with Crippen molar-refractivity contribution in [2.24, 2.45) is 5.92 Å². The van der Waals surface area contributed by atoms with Crippen molar-refractivity contribution in [3.05, 3.63) is 34.9 Å². The Hall–Kier alpha value is -0.530. The van der Waals surface area contributed by atoms with Crippen LogP contribution in [0.2, 0.25) is 0 Å². The first-order valence-electron chi connectivity index (χ1n) is 7.24. The van der Waals surface area contributed by atoms with Crippen LogP contribution in [0, 0.1) is 5.92 Å². The van der Waals surface area contributed by atoms with Crippen LogP contribution in [0.15, 0.2) is 18.2 Å². The topological polar surface area (TPSA) is 3.24 Å². The van der Waals surface area contributed by atoms with Gasteiger partial charge in [0, 0.05) is 19.0 Å². The molecule has 1 atom stereocenters. The minimum Gasteiger partial charge on any atom is -0.299 e. The third-order valence-electron chi connectivity index (χ3n) is 4.39. The van der Waals surface area contributed by atoms with E-state index in [-0.39, 0.29) is 0 Å². The molecule has 1 aliphatic heterocycles. The van der Waals surface area contributed by atoms with Gasteiger partial charge in [0.15, 0.2) is 0 Å². The predicted molar refractivity (Wildman–Crippen MR) is 77.2 cm³/mol. The molecule has 18 heavy (non-hydrogen) atoms. The van der Waals surface area contributed by atoms with Gasteiger partial charge in [-0.25, -0.2) is 0 Å². The van der Waals surface area contributed by atoms with Gasteiger partial charge >= 0.3 is 0 Å². The lowest BCUT2D eigenvalue weighted by molar-refractivity contribution is 0.178. The molecule has 2 heteroatoms. The normalized spacial score (nSPS) is 24.2. The highest BCUT2D eigenvalue weighted by Gasteiger charge is 2.19. The SMILES string of the molecule is ClCC1CCCN(Cc2ccc3c(c2)CCC3)C1. The number of piperidine rings is 1. The Bertz CT molecular complexity index is 416. The second kappa shape index (κ2) is 5.63. The summed E-state index contributed by atoms with van der Waals surface area (Å²) in [5.41, 5.74) is 4.67. The maximum Gasteiger partial charge on any atom is 0.0263 e. The molecule has 1 nitrogen and oxygen atoms in total. The number of rotatable bonds is 3. The molecule has 1 aliphatic carbocycles. The van der Waals surface area contributed by atoms with Crippen LogP contribution in [0.5, 0.6) is 0 Å². The molecule has 2 aliphatic rings. The molecule has 0 N–H and O–H groups in total. The molecule has 3 rings (SSSR count). The molecule has 1 fully saturated rings. The molecule has 0 aromatic heterocycles. The van der Waals surface area contributed by atoms with E-state index in [4.69, 9.17) is 11.6 Å². The van der Waals surface area contributed by atoms with Crippen molar-refractivity contribution in [1.29, 1.82) is 0 Å². The molecule has 0 radical (unpaired) electrons. The highest BCUT2D eigenvalue weighted by Crippen LogP contribution is 2.25. The lowest BCUT2D eigenvalue weighted by atomic mass is 9.99. The van der Waals surface area contributed by atoms with Crippen molar-refractivity contribution in [2.45, 2.75) is 38.6 Å². The average molecular weight is 264 g/mol. The minimum atomic E-state index is 0.704. The first-order chi connectivity index (χ1) is 8.85. The minimum absolute atomic E-state index is 0.704. The second-order valence-corrected chi connectivity index (χ2v) is 6.16. The standard InChI is InChI=1S/C16H22ClN/c17-10-14-3-2-8-18(12-14)11-13-6-7-15-4-1-5-16(15)9-13/h6-7,9,14H,1-5,8,10-12H2. The van der Waals surface area contributed by atoms with E-state index < -0.39 is 0 Å². The maximum atomic E-state index is 6.00. The van der Waals surface area contributed by atoms with Gasteiger partial charge in [-0.05, 0) is 61.3 Å². The zero-order chi connectivity index (χ0) is 12.4. The van der Waals surface area contributed by atoms with Crippen molar-refractivity contribution >= 4 is 11.6 Å². The Kier molecular flexibility index (Phi) is 3.91. The van der Waals surface area contributed by atoms with Crippen LogP contribution in [0.25, 0.3) is 0 Å². The fourth-order valence-electron chi connectivity index (χ4n) is 3.40. The number of benzene rings is 1. The number of alkyl halides is 1. The Morgan fingerprint density at radius 3 is 2.94 bits per heavy atom. The quantitative estimate of drug-likeness (QED) is 0.753. The van der Waals surface area contributed by atoms with E-state index in [0.29, 0.717) is 5.92 Å². The maximum absolute atomic E-state index is 6.00. The zero-order valence-electron chi connectivity index (χ0n) is 11.0. The van der Waals surface area contributed by atoms with Crippen LogP contribution in [-0.4, -0.2) is 23.9 Å². The van der Waals surface area contributed by atoms with Crippen LogP contribution in [0.1, 0.15) is 36.0 Å². The third-order valence-corrected chi connectivity index (χ3v) is 4.83. The lowest BCUT2D eigenvalue weighted by Crippen LogP contribution is -2.35. The molecule has 0 bridgehead atoms. The molecular weight excluding hydrogens is 242 g/mol. The summed E-state index contributed by atoms with van der Waals surface area (Å²) in [5, 5.41) is 0. The molecule has 0 spiro atoms. The summed E-state index contributed by atoms with van der Waals surface area (Å²) >= 11 is 6.00. The first kappa shape index (κ1) is 12.5. The van der Waals surface area contributed by atoms with E-state index in [0.717, 1.165) is 12.4 Å². The van der Waals surface area contributed by atoms with Gasteiger partial charge in [-0.3, -0.25) is 4.90 Å². The molecule has 1 aromatic carbocycles. The summed E-state index contributed by atoms with van der Waals surface area (Å²) in [6, 6.07) is 7.11. The number of likely N-dealkylation sites (tertiary alicyclic amines) is 1. The highest BCUT2D eigenvalue weighted by atomic mass is 35.5. The van der Waals surface area contributed by atoms with Gasteiger partial charge in [0.05, 0.1) is 0 Å². The summed E-state index contributed by atoms with van der Waals surface area (Å²) in [6.45, 7) is 3.53. The summed E-state index contributed by atoms with van der Waals surface area (Å²) in [6.07, 6.45) is 6.53. The lowest BCUT2D eigenvalue weighted by Gasteiger charge is -2.31. The number of halogens is 1. The van der Waals surface area contributed by atoms with E-state index >= 15 is 0 Å². The van der Waals surface area contributed by atoms with E-state index in [1.807, 2.05) is 0 Å². The van der Waals surface area contributed by atoms with E-state index in [9.17, 15) is 0 Å². The second-order valence-electron chi connectivity index (χ2n) is 5.85. The molecule has 1 heterocycles. The molecule has 0 saturated carbocycles. The van der Waals surface area contributed by atoms with Crippen molar-refractivity contribution in [2.75, 3.05) is 19.0 Å². The predicted octanol–water partition coefficient (Wildman–Crippen LogP) is 3.63. The smallest absolute Gasteiger partial charge is 0.0263 e. The van der Waals surface area contributed by atoms with E-state index in [1.165, 1.54) is 50.8 Å². The molecule has 98 valence electrons. The van der Waals surface area contributed by atoms with Gasteiger partial charge in [0.1, 0.15) is 0 Å². The van der Waals surface area contributed by atoms with Crippen LogP contribution in [0.4, 0.5) is 0 Å². The van der Waals surface area contributed by atoms with Gasteiger partial charge in [-0.2, -0.15) is 0 Å². The average Bonchev–Trinajstić information content (AvgIpc) is 2.86. The van der Waals surface area contributed by atoms with E-state index in [1.54, 1.807) is 11.1 Å². The fraction of sp³-hybridized carbons (Fsp3) is 0.625. The van der Waals surface area contributed by atoms with Crippen LogP contribution in [-0.2, 0) is 19.4 Å². The summed E-state index contributed by atoms with van der Waals surface area (Å²) in [5.74, 6) is 1.52. The van der Waals surface area contributed by atoms with Gasteiger partial charge in [0.2, 0.25) is 0 Å². The van der Waals surface area contributed by atoms with Crippen molar-refractivity contribution in [3.8, 4) is 0 Å². The van der Waals surface area contributed by atoms with Crippen molar-refractivity contribution in [3.63, 3.8) is 0 Å².